The maximum absolute atomic E-state index is 5.94. The summed E-state index contributed by atoms with van der Waals surface area (Å²) in [5.41, 5.74) is 11.1. The van der Waals surface area contributed by atoms with Crippen LogP contribution in [0.4, 0.5) is 0 Å². The van der Waals surface area contributed by atoms with Gasteiger partial charge in [0.25, 0.3) is 0 Å². The van der Waals surface area contributed by atoms with Crippen LogP contribution in [-0.2, 0) is 9.47 Å². The normalized spacial score (nSPS) is 62.5. The predicted octanol–water partition coefficient (Wildman–Crippen LogP) is -0.475. The molecule has 4 atom stereocenters. The Morgan fingerprint density at radius 2 is 2.00 bits per heavy atom. The van der Waals surface area contributed by atoms with Crippen molar-refractivity contribution in [3.63, 3.8) is 0 Å². The van der Waals surface area contributed by atoms with Crippen LogP contribution in [0.15, 0.2) is 0 Å². The van der Waals surface area contributed by atoms with Crippen LogP contribution in [0.25, 0.3) is 0 Å². The van der Waals surface area contributed by atoms with Gasteiger partial charge in [0.15, 0.2) is 0 Å². The molecule has 4 fully saturated rings. The van der Waals surface area contributed by atoms with E-state index >= 15 is 0 Å². The molecule has 3 saturated heterocycles. The van der Waals surface area contributed by atoms with Crippen LogP contribution in [-0.4, -0.2) is 24.2 Å². The third kappa shape index (κ3) is 0.808. The first kappa shape index (κ1) is 7.26. The highest BCUT2D eigenvalue weighted by Crippen LogP contribution is 2.50. The Hall–Kier alpha value is -0.160. The van der Waals surface area contributed by atoms with E-state index in [0.717, 1.165) is 19.3 Å². The molecular formula is C8H14N2O2. The van der Waals surface area contributed by atoms with Gasteiger partial charge in [-0.3, -0.25) is 0 Å². The summed E-state index contributed by atoms with van der Waals surface area (Å²) in [4.78, 5) is 0. The second-order valence-electron chi connectivity index (χ2n) is 4.31. The molecule has 3 aliphatic heterocycles. The first-order valence-corrected chi connectivity index (χ1v) is 4.51. The van der Waals surface area contributed by atoms with Gasteiger partial charge in [-0.05, 0) is 12.8 Å². The minimum Gasteiger partial charge on any atom is -0.357 e. The molecule has 3 heterocycles. The topological polar surface area (TPSA) is 73.8 Å². The van der Waals surface area contributed by atoms with Crippen molar-refractivity contribution in [3.05, 3.63) is 0 Å². The molecule has 4 rings (SSSR count). The molecule has 4 unspecified atom stereocenters. The first-order valence-electron chi connectivity index (χ1n) is 4.51. The molecule has 0 aromatic rings. The molecule has 2 bridgehead atoms. The lowest BCUT2D eigenvalue weighted by molar-refractivity contribution is -0.264. The number of epoxide rings is 1. The van der Waals surface area contributed by atoms with E-state index in [0.29, 0.717) is 12.5 Å². The van der Waals surface area contributed by atoms with Crippen LogP contribution in [0, 0.1) is 5.92 Å². The van der Waals surface area contributed by atoms with Gasteiger partial charge in [-0.25, -0.2) is 0 Å². The van der Waals surface area contributed by atoms with Crippen LogP contribution >= 0.6 is 0 Å². The second kappa shape index (κ2) is 1.85. The standard InChI is InChI=1S/C8H14N2O2/c9-7-2-1-5(6(3-7)12-7)8(10)4-11-8/h5-6H,1-4,9-10H2. The van der Waals surface area contributed by atoms with Crippen molar-refractivity contribution in [2.75, 3.05) is 6.61 Å². The summed E-state index contributed by atoms with van der Waals surface area (Å²) < 4.78 is 10.8. The van der Waals surface area contributed by atoms with Crippen molar-refractivity contribution >= 4 is 0 Å². The summed E-state index contributed by atoms with van der Waals surface area (Å²) in [6.45, 7) is 0.690. The van der Waals surface area contributed by atoms with E-state index in [-0.39, 0.29) is 17.6 Å². The summed E-state index contributed by atoms with van der Waals surface area (Å²) in [7, 11) is 0. The highest BCUT2D eigenvalue weighted by atomic mass is 16.6. The van der Waals surface area contributed by atoms with Gasteiger partial charge in [0.1, 0.15) is 11.4 Å². The number of fused-ring (bicyclic) bond motifs is 2. The molecule has 0 aromatic heterocycles. The fourth-order valence-corrected chi connectivity index (χ4v) is 2.46. The SMILES string of the molecule is NC12CCC(C3(N)CO3)C(C1)O2. The summed E-state index contributed by atoms with van der Waals surface area (Å²) in [5, 5.41) is 0. The van der Waals surface area contributed by atoms with Crippen LogP contribution in [0.1, 0.15) is 19.3 Å². The summed E-state index contributed by atoms with van der Waals surface area (Å²) >= 11 is 0. The second-order valence-corrected chi connectivity index (χ2v) is 4.31. The first-order chi connectivity index (χ1) is 5.61. The molecule has 4 N–H and O–H groups in total. The Bertz CT molecular complexity index is 216. The van der Waals surface area contributed by atoms with Crippen LogP contribution in [0.3, 0.4) is 0 Å². The van der Waals surface area contributed by atoms with Crippen molar-refractivity contribution in [3.8, 4) is 0 Å². The lowest BCUT2D eigenvalue weighted by Gasteiger charge is -2.54. The number of nitrogens with two attached hydrogens (primary N) is 2. The van der Waals surface area contributed by atoms with E-state index in [1.807, 2.05) is 0 Å². The molecule has 0 spiro atoms. The summed E-state index contributed by atoms with van der Waals surface area (Å²) in [5.74, 6) is 0.378. The molecule has 0 radical (unpaired) electrons. The maximum atomic E-state index is 5.94. The van der Waals surface area contributed by atoms with E-state index in [1.165, 1.54) is 0 Å². The Morgan fingerprint density at radius 3 is 2.42 bits per heavy atom. The van der Waals surface area contributed by atoms with Gasteiger partial charge in [0.2, 0.25) is 0 Å². The fourth-order valence-electron chi connectivity index (χ4n) is 2.46. The molecule has 4 heteroatoms. The Morgan fingerprint density at radius 1 is 1.33 bits per heavy atom. The van der Waals surface area contributed by atoms with Gasteiger partial charge in [0, 0.05) is 12.3 Å². The number of hydrogen-bond acceptors (Lipinski definition) is 4. The number of rotatable bonds is 1. The number of ether oxygens (including phenoxy) is 2. The Kier molecular flexibility index (Phi) is 1.12. The molecule has 4 nitrogen and oxygen atoms in total. The molecule has 1 aliphatic carbocycles. The minimum absolute atomic E-state index is 0.260. The Labute approximate surface area is 71.2 Å². The monoisotopic (exact) mass is 170 g/mol. The van der Waals surface area contributed by atoms with Crippen LogP contribution in [0.5, 0.6) is 0 Å². The van der Waals surface area contributed by atoms with Crippen LogP contribution < -0.4 is 11.5 Å². The van der Waals surface area contributed by atoms with E-state index in [9.17, 15) is 0 Å². The van der Waals surface area contributed by atoms with Gasteiger partial charge < -0.3 is 20.9 Å². The predicted molar refractivity (Wildman–Crippen MR) is 42.0 cm³/mol. The zero-order valence-electron chi connectivity index (χ0n) is 6.95. The largest absolute Gasteiger partial charge is 0.357 e. The van der Waals surface area contributed by atoms with Crippen molar-refractivity contribution in [2.45, 2.75) is 36.8 Å². The van der Waals surface area contributed by atoms with Gasteiger partial charge in [-0.2, -0.15) is 0 Å². The lowest BCUT2D eigenvalue weighted by Crippen LogP contribution is -2.66. The smallest absolute Gasteiger partial charge is 0.145 e. The average molecular weight is 170 g/mol. The number of hydrogen-bond donors (Lipinski definition) is 2. The van der Waals surface area contributed by atoms with Gasteiger partial charge in [0.05, 0.1) is 12.7 Å². The zero-order chi connectivity index (χ0) is 8.40. The Balaban J connectivity index is 1.75. The van der Waals surface area contributed by atoms with Crippen molar-refractivity contribution in [1.29, 1.82) is 0 Å². The quantitative estimate of drug-likeness (QED) is 0.521. The van der Waals surface area contributed by atoms with Crippen molar-refractivity contribution in [2.24, 2.45) is 17.4 Å². The van der Waals surface area contributed by atoms with Gasteiger partial charge >= 0.3 is 0 Å². The molecular weight excluding hydrogens is 156 g/mol. The highest BCUT2D eigenvalue weighted by Gasteiger charge is 2.60. The lowest BCUT2D eigenvalue weighted by atomic mass is 9.73. The van der Waals surface area contributed by atoms with Crippen LogP contribution in [0.2, 0.25) is 0 Å². The molecule has 4 aliphatic rings. The van der Waals surface area contributed by atoms with E-state index < -0.39 is 0 Å². The molecule has 68 valence electrons. The van der Waals surface area contributed by atoms with Crippen molar-refractivity contribution in [1.82, 2.24) is 0 Å². The highest BCUT2D eigenvalue weighted by molar-refractivity contribution is 5.06. The minimum atomic E-state index is -0.369. The molecule has 12 heavy (non-hydrogen) atoms. The summed E-state index contributed by atoms with van der Waals surface area (Å²) in [6, 6.07) is 0. The molecule has 0 amide bonds. The van der Waals surface area contributed by atoms with Gasteiger partial charge in [-0.1, -0.05) is 0 Å². The van der Waals surface area contributed by atoms with E-state index in [4.69, 9.17) is 20.9 Å². The van der Waals surface area contributed by atoms with Crippen molar-refractivity contribution < 1.29 is 9.47 Å². The molecule has 1 saturated carbocycles. The third-order valence-corrected chi connectivity index (χ3v) is 3.37. The average Bonchev–Trinajstić information content (AvgIpc) is 2.67. The van der Waals surface area contributed by atoms with E-state index in [2.05, 4.69) is 0 Å². The van der Waals surface area contributed by atoms with E-state index in [1.54, 1.807) is 0 Å². The summed E-state index contributed by atoms with van der Waals surface area (Å²) in [6.07, 6.45) is 3.20. The van der Waals surface area contributed by atoms with Gasteiger partial charge in [-0.15, -0.1) is 0 Å². The fraction of sp³-hybridized carbons (Fsp3) is 1.00. The maximum Gasteiger partial charge on any atom is 0.145 e. The molecule has 0 aromatic carbocycles. The zero-order valence-corrected chi connectivity index (χ0v) is 6.95. The third-order valence-electron chi connectivity index (χ3n) is 3.37.